The van der Waals surface area contributed by atoms with Gasteiger partial charge in [0.15, 0.2) is 0 Å². The molecule has 2 aromatic rings. The molecule has 3 N–H and O–H groups in total. The Hall–Kier alpha value is -1.81. The second-order valence-corrected chi connectivity index (χ2v) is 4.69. The summed E-state index contributed by atoms with van der Waals surface area (Å²) >= 11 is 0. The number of amides is 1. The summed E-state index contributed by atoms with van der Waals surface area (Å²) in [6.07, 6.45) is 2.04. The lowest BCUT2D eigenvalue weighted by Crippen LogP contribution is -2.31. The lowest BCUT2D eigenvalue weighted by Gasteiger charge is -2.14. The number of rotatable bonds is 3. The molecular formula is C14H17N3O. The normalized spacial score (nSPS) is 18.7. The quantitative estimate of drug-likeness (QED) is 0.767. The van der Waals surface area contributed by atoms with Crippen molar-refractivity contribution < 1.29 is 4.79 Å². The first-order chi connectivity index (χ1) is 8.81. The van der Waals surface area contributed by atoms with E-state index >= 15 is 0 Å². The van der Waals surface area contributed by atoms with Crippen LogP contribution >= 0.6 is 0 Å². The van der Waals surface area contributed by atoms with Gasteiger partial charge in [0, 0.05) is 41.7 Å². The molecule has 1 aliphatic heterocycles. The maximum atomic E-state index is 12.1. The molecular weight excluding hydrogens is 226 g/mol. The van der Waals surface area contributed by atoms with Crippen LogP contribution in [0, 0.1) is 0 Å². The molecule has 1 aromatic carbocycles. The average molecular weight is 243 g/mol. The van der Waals surface area contributed by atoms with Crippen LogP contribution in [-0.4, -0.2) is 30.5 Å². The number of carbonyl (C=O) groups is 1. The molecule has 1 aliphatic rings. The third kappa shape index (κ3) is 1.69. The summed E-state index contributed by atoms with van der Waals surface area (Å²) in [6.45, 7) is 4.61. The van der Waals surface area contributed by atoms with Crippen molar-refractivity contribution >= 4 is 16.8 Å². The van der Waals surface area contributed by atoms with Gasteiger partial charge in [0.2, 0.25) is 0 Å². The largest absolute Gasteiger partial charge is 0.361 e. The van der Waals surface area contributed by atoms with Crippen molar-refractivity contribution in [1.82, 2.24) is 15.6 Å². The highest BCUT2D eigenvalue weighted by Gasteiger charge is 2.24. The van der Waals surface area contributed by atoms with Crippen LogP contribution in [0.3, 0.4) is 0 Å². The van der Waals surface area contributed by atoms with Crippen LogP contribution < -0.4 is 10.6 Å². The van der Waals surface area contributed by atoms with E-state index in [0.29, 0.717) is 12.5 Å². The summed E-state index contributed by atoms with van der Waals surface area (Å²) in [7, 11) is 0. The third-order valence-electron chi connectivity index (χ3n) is 3.57. The van der Waals surface area contributed by atoms with Crippen LogP contribution in [-0.2, 0) is 0 Å². The van der Waals surface area contributed by atoms with Crippen molar-refractivity contribution in [2.75, 3.05) is 19.6 Å². The van der Waals surface area contributed by atoms with Crippen molar-refractivity contribution in [1.29, 1.82) is 0 Å². The van der Waals surface area contributed by atoms with E-state index in [-0.39, 0.29) is 5.91 Å². The molecule has 0 radical (unpaired) electrons. The zero-order chi connectivity index (χ0) is 12.5. The lowest BCUT2D eigenvalue weighted by atomic mass is 9.97. The molecule has 18 heavy (non-hydrogen) atoms. The van der Waals surface area contributed by atoms with Crippen LogP contribution in [0.1, 0.15) is 28.8 Å². The minimum atomic E-state index is 0.0282. The van der Waals surface area contributed by atoms with Gasteiger partial charge in [-0.3, -0.25) is 4.79 Å². The van der Waals surface area contributed by atoms with Crippen LogP contribution in [0.5, 0.6) is 0 Å². The SMILES string of the molecule is CCNCC1CNC(=O)c2cccc3[nH]cc1c23. The fourth-order valence-electron chi connectivity index (χ4n) is 2.64. The Bertz CT molecular complexity index is 588. The van der Waals surface area contributed by atoms with E-state index < -0.39 is 0 Å². The summed E-state index contributed by atoms with van der Waals surface area (Å²) < 4.78 is 0. The number of aromatic nitrogens is 1. The molecule has 0 aliphatic carbocycles. The van der Waals surface area contributed by atoms with Gasteiger partial charge >= 0.3 is 0 Å². The van der Waals surface area contributed by atoms with Gasteiger partial charge in [0.1, 0.15) is 0 Å². The first-order valence-corrected chi connectivity index (χ1v) is 6.40. The van der Waals surface area contributed by atoms with Crippen molar-refractivity contribution in [3.8, 4) is 0 Å². The van der Waals surface area contributed by atoms with Gasteiger partial charge in [-0.1, -0.05) is 13.0 Å². The Morgan fingerprint density at radius 2 is 2.33 bits per heavy atom. The molecule has 1 unspecified atom stereocenters. The lowest BCUT2D eigenvalue weighted by molar-refractivity contribution is 0.0954. The molecule has 0 saturated heterocycles. The first kappa shape index (κ1) is 11.3. The smallest absolute Gasteiger partial charge is 0.251 e. The predicted molar refractivity (Wildman–Crippen MR) is 71.9 cm³/mol. The minimum absolute atomic E-state index is 0.0282. The van der Waals surface area contributed by atoms with Crippen molar-refractivity contribution in [2.45, 2.75) is 12.8 Å². The Morgan fingerprint density at radius 3 is 3.17 bits per heavy atom. The van der Waals surface area contributed by atoms with Gasteiger partial charge in [-0.15, -0.1) is 0 Å². The molecule has 4 heteroatoms. The number of benzene rings is 1. The van der Waals surface area contributed by atoms with Gasteiger partial charge in [0.25, 0.3) is 5.91 Å². The zero-order valence-corrected chi connectivity index (χ0v) is 10.4. The highest BCUT2D eigenvalue weighted by atomic mass is 16.1. The average Bonchev–Trinajstić information content (AvgIpc) is 2.76. The monoisotopic (exact) mass is 243 g/mol. The van der Waals surface area contributed by atoms with E-state index in [9.17, 15) is 4.79 Å². The highest BCUT2D eigenvalue weighted by molar-refractivity contribution is 6.08. The van der Waals surface area contributed by atoms with Crippen LogP contribution in [0.4, 0.5) is 0 Å². The van der Waals surface area contributed by atoms with Gasteiger partial charge in [-0.2, -0.15) is 0 Å². The Morgan fingerprint density at radius 1 is 1.44 bits per heavy atom. The van der Waals surface area contributed by atoms with Gasteiger partial charge in [-0.25, -0.2) is 0 Å². The van der Waals surface area contributed by atoms with E-state index in [4.69, 9.17) is 0 Å². The topological polar surface area (TPSA) is 56.9 Å². The number of hydrogen-bond donors (Lipinski definition) is 3. The molecule has 1 aromatic heterocycles. The van der Waals surface area contributed by atoms with Crippen LogP contribution in [0.2, 0.25) is 0 Å². The Kier molecular flexibility index (Phi) is 2.80. The van der Waals surface area contributed by atoms with E-state index in [1.807, 2.05) is 24.4 Å². The Balaban J connectivity index is 2.12. The van der Waals surface area contributed by atoms with Crippen molar-refractivity contribution in [3.05, 3.63) is 35.5 Å². The minimum Gasteiger partial charge on any atom is -0.361 e. The van der Waals surface area contributed by atoms with Gasteiger partial charge in [0.05, 0.1) is 0 Å². The molecule has 2 heterocycles. The highest BCUT2D eigenvalue weighted by Crippen LogP contribution is 2.30. The number of aromatic amines is 1. The van der Waals surface area contributed by atoms with E-state index in [1.54, 1.807) is 0 Å². The van der Waals surface area contributed by atoms with Crippen LogP contribution in [0.25, 0.3) is 10.9 Å². The molecule has 0 saturated carbocycles. The van der Waals surface area contributed by atoms with E-state index in [0.717, 1.165) is 29.6 Å². The molecule has 94 valence electrons. The van der Waals surface area contributed by atoms with Crippen molar-refractivity contribution in [2.24, 2.45) is 0 Å². The maximum Gasteiger partial charge on any atom is 0.251 e. The molecule has 3 rings (SSSR count). The third-order valence-corrected chi connectivity index (χ3v) is 3.57. The summed E-state index contributed by atoms with van der Waals surface area (Å²) in [5, 5.41) is 7.44. The van der Waals surface area contributed by atoms with E-state index in [2.05, 4.69) is 22.5 Å². The number of nitrogens with one attached hydrogen (secondary N) is 3. The second-order valence-electron chi connectivity index (χ2n) is 4.69. The summed E-state index contributed by atoms with van der Waals surface area (Å²) in [5.74, 6) is 0.353. The number of H-pyrrole nitrogens is 1. The van der Waals surface area contributed by atoms with Crippen LogP contribution in [0.15, 0.2) is 24.4 Å². The van der Waals surface area contributed by atoms with Gasteiger partial charge in [-0.05, 0) is 24.2 Å². The summed E-state index contributed by atoms with van der Waals surface area (Å²) in [4.78, 5) is 15.3. The molecule has 1 atom stereocenters. The molecule has 0 fully saturated rings. The molecule has 0 bridgehead atoms. The maximum absolute atomic E-state index is 12.1. The molecule has 4 nitrogen and oxygen atoms in total. The molecule has 1 amide bonds. The Labute approximate surface area is 106 Å². The summed E-state index contributed by atoms with van der Waals surface area (Å²) in [5.41, 5.74) is 3.06. The molecule has 0 spiro atoms. The standard InChI is InChI=1S/C14H17N3O/c1-2-15-6-9-7-17-14(18)10-4-3-5-12-13(10)11(9)8-16-12/h3-5,8-9,15-16H,2,6-7H2,1H3,(H,17,18). The zero-order valence-electron chi connectivity index (χ0n) is 10.4. The predicted octanol–water partition coefficient (Wildman–Crippen LogP) is 1.60. The van der Waals surface area contributed by atoms with E-state index in [1.165, 1.54) is 5.56 Å². The number of hydrogen-bond acceptors (Lipinski definition) is 2. The summed E-state index contributed by atoms with van der Waals surface area (Å²) in [6, 6.07) is 5.83. The number of carbonyl (C=O) groups excluding carboxylic acids is 1. The number of likely N-dealkylation sites (N-methyl/N-ethyl adjacent to an activating group) is 1. The second kappa shape index (κ2) is 4.46. The fraction of sp³-hybridized carbons (Fsp3) is 0.357. The van der Waals surface area contributed by atoms with Gasteiger partial charge < -0.3 is 15.6 Å². The first-order valence-electron chi connectivity index (χ1n) is 6.40. The fourth-order valence-corrected chi connectivity index (χ4v) is 2.64. The van der Waals surface area contributed by atoms with Crippen molar-refractivity contribution in [3.63, 3.8) is 0 Å².